The van der Waals surface area contributed by atoms with Gasteiger partial charge in [0.25, 0.3) is 5.91 Å². The molecule has 1 amide bonds. The zero-order valence-corrected chi connectivity index (χ0v) is 9.10. The fraction of sp³-hybridized carbons (Fsp3) is 0.500. The molecule has 0 unspecified atom stereocenters. The summed E-state index contributed by atoms with van der Waals surface area (Å²) in [6.07, 6.45) is 1.01. The fourth-order valence-electron chi connectivity index (χ4n) is 0.979. The van der Waals surface area contributed by atoms with Gasteiger partial charge in [-0.15, -0.1) is 0 Å². The molecular weight excluding hydrogens is 198 g/mol. The van der Waals surface area contributed by atoms with E-state index in [1.54, 1.807) is 0 Å². The third-order valence-electron chi connectivity index (χ3n) is 1.66. The summed E-state index contributed by atoms with van der Waals surface area (Å²) in [7, 11) is 0. The Hall–Kier alpha value is -0.870. The van der Waals surface area contributed by atoms with Crippen LogP contribution in [-0.4, -0.2) is 25.7 Å². The number of hydrogen-bond acceptors (Lipinski definition) is 3. The second-order valence-corrected chi connectivity index (χ2v) is 3.66. The molecule has 1 heterocycles. The van der Waals surface area contributed by atoms with Crippen molar-refractivity contribution >= 4 is 17.2 Å². The zero-order chi connectivity index (χ0) is 10.2. The van der Waals surface area contributed by atoms with E-state index in [0.717, 1.165) is 18.6 Å². The summed E-state index contributed by atoms with van der Waals surface area (Å²) in [4.78, 5) is 11.4. The van der Waals surface area contributed by atoms with E-state index in [1.807, 2.05) is 16.8 Å². The number of nitrogens with one attached hydrogen (secondary N) is 1. The lowest BCUT2D eigenvalue weighted by atomic mass is 10.3. The fourth-order valence-corrected chi connectivity index (χ4v) is 1.61. The third-order valence-corrected chi connectivity index (χ3v) is 2.35. The van der Waals surface area contributed by atoms with Crippen LogP contribution < -0.4 is 5.32 Å². The highest BCUT2D eigenvalue weighted by Gasteiger charge is 2.03. The van der Waals surface area contributed by atoms with Crippen LogP contribution in [0.5, 0.6) is 0 Å². The SMILES string of the molecule is CCCOCCNC(=O)c1ccsc1. The molecule has 0 radical (unpaired) electrons. The van der Waals surface area contributed by atoms with Crippen molar-refractivity contribution in [2.45, 2.75) is 13.3 Å². The summed E-state index contributed by atoms with van der Waals surface area (Å²) < 4.78 is 5.24. The van der Waals surface area contributed by atoms with Crippen LogP contribution in [0, 0.1) is 0 Å². The number of rotatable bonds is 6. The van der Waals surface area contributed by atoms with Gasteiger partial charge in [-0.1, -0.05) is 6.92 Å². The Kier molecular flexibility index (Phi) is 5.25. The second-order valence-electron chi connectivity index (χ2n) is 2.88. The summed E-state index contributed by atoms with van der Waals surface area (Å²) in [5.41, 5.74) is 0.727. The van der Waals surface area contributed by atoms with Crippen molar-refractivity contribution in [2.24, 2.45) is 0 Å². The van der Waals surface area contributed by atoms with Crippen LogP contribution in [0.3, 0.4) is 0 Å². The van der Waals surface area contributed by atoms with Gasteiger partial charge in [0.2, 0.25) is 0 Å². The highest BCUT2D eigenvalue weighted by Crippen LogP contribution is 2.04. The van der Waals surface area contributed by atoms with E-state index in [2.05, 4.69) is 12.2 Å². The van der Waals surface area contributed by atoms with E-state index in [9.17, 15) is 4.79 Å². The molecule has 1 N–H and O–H groups in total. The maximum atomic E-state index is 11.4. The maximum absolute atomic E-state index is 11.4. The van der Waals surface area contributed by atoms with Crippen LogP contribution in [-0.2, 0) is 4.74 Å². The smallest absolute Gasteiger partial charge is 0.252 e. The predicted octanol–water partition coefficient (Wildman–Crippen LogP) is 1.90. The first-order valence-corrected chi connectivity index (χ1v) is 5.67. The van der Waals surface area contributed by atoms with Crippen LogP contribution in [0.15, 0.2) is 16.8 Å². The normalized spacial score (nSPS) is 10.1. The van der Waals surface area contributed by atoms with Crippen LogP contribution >= 0.6 is 11.3 Å². The lowest BCUT2D eigenvalue weighted by molar-refractivity contribution is 0.0916. The van der Waals surface area contributed by atoms with Crippen molar-refractivity contribution < 1.29 is 9.53 Å². The van der Waals surface area contributed by atoms with Crippen LogP contribution in [0.1, 0.15) is 23.7 Å². The third kappa shape index (κ3) is 3.89. The van der Waals surface area contributed by atoms with Gasteiger partial charge in [-0.2, -0.15) is 11.3 Å². The molecule has 0 bridgehead atoms. The quantitative estimate of drug-likeness (QED) is 0.733. The minimum absolute atomic E-state index is 0.0219. The van der Waals surface area contributed by atoms with Crippen molar-refractivity contribution in [2.75, 3.05) is 19.8 Å². The summed E-state index contributed by atoms with van der Waals surface area (Å²) in [6.45, 7) is 3.98. The Morgan fingerprint density at radius 2 is 2.43 bits per heavy atom. The summed E-state index contributed by atoms with van der Waals surface area (Å²) in [6, 6.07) is 1.81. The molecule has 0 saturated heterocycles. The van der Waals surface area contributed by atoms with Gasteiger partial charge in [-0.3, -0.25) is 4.79 Å². The Labute approximate surface area is 88.1 Å². The van der Waals surface area contributed by atoms with Gasteiger partial charge in [0.15, 0.2) is 0 Å². The minimum Gasteiger partial charge on any atom is -0.380 e. The molecule has 14 heavy (non-hydrogen) atoms. The van der Waals surface area contributed by atoms with E-state index in [-0.39, 0.29) is 5.91 Å². The topological polar surface area (TPSA) is 38.3 Å². The Bertz CT molecular complexity index is 259. The lowest BCUT2D eigenvalue weighted by Crippen LogP contribution is -2.26. The molecule has 0 aromatic carbocycles. The lowest BCUT2D eigenvalue weighted by Gasteiger charge is -2.04. The van der Waals surface area contributed by atoms with Gasteiger partial charge >= 0.3 is 0 Å². The van der Waals surface area contributed by atoms with Crippen molar-refractivity contribution in [1.82, 2.24) is 5.32 Å². The number of amides is 1. The monoisotopic (exact) mass is 213 g/mol. The molecule has 0 aliphatic rings. The van der Waals surface area contributed by atoms with Gasteiger partial charge in [0.1, 0.15) is 0 Å². The number of hydrogen-bond donors (Lipinski definition) is 1. The highest BCUT2D eigenvalue weighted by atomic mass is 32.1. The summed E-state index contributed by atoms with van der Waals surface area (Å²) in [5, 5.41) is 6.51. The average molecular weight is 213 g/mol. The average Bonchev–Trinajstić information content (AvgIpc) is 2.70. The Balaban J connectivity index is 2.10. The van der Waals surface area contributed by atoms with E-state index < -0.39 is 0 Å². The number of carbonyl (C=O) groups is 1. The minimum atomic E-state index is -0.0219. The molecule has 78 valence electrons. The van der Waals surface area contributed by atoms with E-state index >= 15 is 0 Å². The molecule has 1 aromatic heterocycles. The highest BCUT2D eigenvalue weighted by molar-refractivity contribution is 7.08. The Morgan fingerprint density at radius 3 is 3.07 bits per heavy atom. The molecule has 1 rings (SSSR count). The van der Waals surface area contributed by atoms with Gasteiger partial charge in [0, 0.05) is 24.1 Å². The van der Waals surface area contributed by atoms with E-state index in [0.29, 0.717) is 13.2 Å². The summed E-state index contributed by atoms with van der Waals surface area (Å²) in [5.74, 6) is -0.0219. The molecule has 4 heteroatoms. The molecule has 3 nitrogen and oxygen atoms in total. The maximum Gasteiger partial charge on any atom is 0.252 e. The van der Waals surface area contributed by atoms with Gasteiger partial charge in [-0.25, -0.2) is 0 Å². The van der Waals surface area contributed by atoms with Crippen molar-refractivity contribution in [3.05, 3.63) is 22.4 Å². The molecule has 0 atom stereocenters. The first-order chi connectivity index (χ1) is 6.84. The van der Waals surface area contributed by atoms with Crippen molar-refractivity contribution in [3.8, 4) is 0 Å². The van der Waals surface area contributed by atoms with Gasteiger partial charge in [-0.05, 0) is 17.9 Å². The first kappa shape index (κ1) is 11.2. The zero-order valence-electron chi connectivity index (χ0n) is 8.29. The number of thiophene rings is 1. The molecule has 0 saturated carbocycles. The standard InChI is InChI=1S/C10H15NO2S/c1-2-5-13-6-4-11-10(12)9-3-7-14-8-9/h3,7-8H,2,4-6H2,1H3,(H,11,12). The summed E-state index contributed by atoms with van der Waals surface area (Å²) >= 11 is 1.52. The first-order valence-electron chi connectivity index (χ1n) is 4.72. The second kappa shape index (κ2) is 6.56. The van der Waals surface area contributed by atoms with Crippen molar-refractivity contribution in [1.29, 1.82) is 0 Å². The molecule has 1 aromatic rings. The molecule has 0 spiro atoms. The number of ether oxygens (including phenoxy) is 1. The van der Waals surface area contributed by atoms with Crippen molar-refractivity contribution in [3.63, 3.8) is 0 Å². The van der Waals surface area contributed by atoms with Gasteiger partial charge < -0.3 is 10.1 Å². The molecule has 0 aliphatic carbocycles. The van der Waals surface area contributed by atoms with E-state index in [4.69, 9.17) is 4.74 Å². The molecule has 0 fully saturated rings. The van der Waals surface area contributed by atoms with Crippen LogP contribution in [0.25, 0.3) is 0 Å². The largest absolute Gasteiger partial charge is 0.380 e. The molecular formula is C10H15NO2S. The van der Waals surface area contributed by atoms with E-state index in [1.165, 1.54) is 11.3 Å². The molecule has 0 aliphatic heterocycles. The van der Waals surface area contributed by atoms with Crippen LogP contribution in [0.2, 0.25) is 0 Å². The Morgan fingerprint density at radius 1 is 1.57 bits per heavy atom. The van der Waals surface area contributed by atoms with Crippen LogP contribution in [0.4, 0.5) is 0 Å². The van der Waals surface area contributed by atoms with Gasteiger partial charge in [0.05, 0.1) is 6.61 Å². The number of carbonyl (C=O) groups excluding carboxylic acids is 1. The predicted molar refractivity (Wildman–Crippen MR) is 57.8 cm³/mol.